The molecular formula is C15H30N2O2. The fourth-order valence-electron chi connectivity index (χ4n) is 2.72. The van der Waals surface area contributed by atoms with E-state index >= 15 is 0 Å². The third-order valence-corrected chi connectivity index (χ3v) is 3.51. The highest BCUT2D eigenvalue weighted by Gasteiger charge is 2.25. The van der Waals surface area contributed by atoms with E-state index in [1.54, 1.807) is 0 Å². The second kappa shape index (κ2) is 7.25. The van der Waals surface area contributed by atoms with Crippen molar-refractivity contribution in [2.45, 2.75) is 65.5 Å². The Labute approximate surface area is 117 Å². The lowest BCUT2D eigenvalue weighted by Gasteiger charge is -2.33. The fraction of sp³-hybridized carbons (Fsp3) is 0.933. The summed E-state index contributed by atoms with van der Waals surface area (Å²) in [6, 6.07) is -0.0304. The third-order valence-electron chi connectivity index (χ3n) is 3.51. The van der Waals surface area contributed by atoms with Gasteiger partial charge in [0.15, 0.2) is 0 Å². The first-order valence-corrected chi connectivity index (χ1v) is 7.47. The van der Waals surface area contributed by atoms with E-state index < -0.39 is 0 Å². The number of likely N-dealkylation sites (tertiary alicyclic amines) is 1. The highest BCUT2D eigenvalue weighted by Crippen LogP contribution is 2.22. The van der Waals surface area contributed by atoms with Gasteiger partial charge in [-0.05, 0) is 31.6 Å². The molecule has 1 saturated heterocycles. The molecule has 0 aromatic rings. The van der Waals surface area contributed by atoms with Gasteiger partial charge in [-0.3, -0.25) is 4.79 Å². The minimum atomic E-state index is -0.0304. The monoisotopic (exact) mass is 270 g/mol. The molecule has 1 rings (SSSR count). The Morgan fingerprint density at radius 2 is 1.95 bits per heavy atom. The Morgan fingerprint density at radius 3 is 2.42 bits per heavy atom. The quantitative estimate of drug-likeness (QED) is 0.833. The molecular weight excluding hydrogens is 240 g/mol. The highest BCUT2D eigenvalue weighted by atomic mass is 16.5. The Bertz CT molecular complexity index is 278. The lowest BCUT2D eigenvalue weighted by Crippen LogP contribution is -2.43. The van der Waals surface area contributed by atoms with Gasteiger partial charge in [0.05, 0.1) is 6.10 Å². The van der Waals surface area contributed by atoms with Gasteiger partial charge in [0.2, 0.25) is 5.91 Å². The van der Waals surface area contributed by atoms with Crippen LogP contribution in [0.25, 0.3) is 0 Å². The van der Waals surface area contributed by atoms with E-state index in [2.05, 4.69) is 20.8 Å². The van der Waals surface area contributed by atoms with Crippen LogP contribution in [0.1, 0.15) is 53.4 Å². The van der Waals surface area contributed by atoms with Crippen LogP contribution >= 0.6 is 0 Å². The molecule has 0 spiro atoms. The summed E-state index contributed by atoms with van der Waals surface area (Å²) in [6.07, 6.45) is 3.59. The number of rotatable bonds is 5. The zero-order chi connectivity index (χ0) is 14.5. The summed E-state index contributed by atoms with van der Waals surface area (Å²) in [5.41, 5.74) is 6.25. The van der Waals surface area contributed by atoms with Crippen molar-refractivity contribution in [1.29, 1.82) is 0 Å². The maximum atomic E-state index is 12.2. The van der Waals surface area contributed by atoms with Crippen LogP contribution in [0.3, 0.4) is 0 Å². The number of hydrogen-bond acceptors (Lipinski definition) is 3. The van der Waals surface area contributed by atoms with E-state index in [-0.39, 0.29) is 17.4 Å². The maximum absolute atomic E-state index is 12.2. The summed E-state index contributed by atoms with van der Waals surface area (Å²) in [4.78, 5) is 14.1. The molecule has 0 radical (unpaired) electrons. The van der Waals surface area contributed by atoms with Crippen molar-refractivity contribution in [2.75, 3.05) is 19.7 Å². The number of amides is 1. The first kappa shape index (κ1) is 16.4. The number of carbonyl (C=O) groups excluding carboxylic acids is 1. The van der Waals surface area contributed by atoms with Crippen LogP contribution in [0, 0.1) is 5.41 Å². The van der Waals surface area contributed by atoms with Gasteiger partial charge < -0.3 is 15.4 Å². The van der Waals surface area contributed by atoms with Gasteiger partial charge in [0.25, 0.3) is 0 Å². The Hall–Kier alpha value is -0.610. The Kier molecular flexibility index (Phi) is 6.27. The SMILES string of the molecule is CCOC1CCN(C(=O)CC(N)CC(C)(C)C)CC1. The predicted molar refractivity (Wildman–Crippen MR) is 77.9 cm³/mol. The van der Waals surface area contributed by atoms with E-state index in [0.29, 0.717) is 12.5 Å². The van der Waals surface area contributed by atoms with Crippen LogP contribution in [0.5, 0.6) is 0 Å². The summed E-state index contributed by atoms with van der Waals surface area (Å²) in [7, 11) is 0. The number of ether oxygens (including phenoxy) is 1. The molecule has 19 heavy (non-hydrogen) atoms. The van der Waals surface area contributed by atoms with Gasteiger partial charge in [-0.25, -0.2) is 0 Å². The minimum absolute atomic E-state index is 0.0304. The number of hydrogen-bond donors (Lipinski definition) is 1. The molecule has 0 bridgehead atoms. The summed E-state index contributed by atoms with van der Waals surface area (Å²) in [6.45, 7) is 10.9. The lowest BCUT2D eigenvalue weighted by atomic mass is 9.87. The molecule has 0 aliphatic carbocycles. The molecule has 1 aliphatic rings. The average molecular weight is 270 g/mol. The third kappa shape index (κ3) is 6.39. The summed E-state index contributed by atoms with van der Waals surface area (Å²) in [5.74, 6) is 0.201. The second-order valence-corrected chi connectivity index (χ2v) is 6.76. The van der Waals surface area contributed by atoms with Crippen LogP contribution in [-0.4, -0.2) is 42.6 Å². The number of carbonyl (C=O) groups is 1. The molecule has 0 aromatic heterocycles. The first-order valence-electron chi connectivity index (χ1n) is 7.47. The van der Waals surface area contributed by atoms with Crippen molar-refractivity contribution in [3.05, 3.63) is 0 Å². The largest absolute Gasteiger partial charge is 0.378 e. The Morgan fingerprint density at radius 1 is 1.37 bits per heavy atom. The van der Waals surface area contributed by atoms with Crippen LogP contribution in [0.4, 0.5) is 0 Å². The minimum Gasteiger partial charge on any atom is -0.378 e. The highest BCUT2D eigenvalue weighted by molar-refractivity contribution is 5.76. The van der Waals surface area contributed by atoms with E-state index in [1.165, 1.54) is 0 Å². The Balaban J connectivity index is 2.31. The first-order chi connectivity index (χ1) is 8.81. The molecule has 0 saturated carbocycles. The van der Waals surface area contributed by atoms with E-state index in [0.717, 1.165) is 39.0 Å². The zero-order valence-electron chi connectivity index (χ0n) is 12.9. The van der Waals surface area contributed by atoms with Gasteiger partial charge in [-0.2, -0.15) is 0 Å². The molecule has 1 atom stereocenters. The molecule has 2 N–H and O–H groups in total. The molecule has 4 nitrogen and oxygen atoms in total. The van der Waals surface area contributed by atoms with Crippen molar-refractivity contribution in [1.82, 2.24) is 4.90 Å². The van der Waals surface area contributed by atoms with Crippen LogP contribution in [0.15, 0.2) is 0 Å². The molecule has 112 valence electrons. The van der Waals surface area contributed by atoms with Crippen molar-refractivity contribution >= 4 is 5.91 Å². The average Bonchev–Trinajstić information content (AvgIpc) is 2.27. The van der Waals surface area contributed by atoms with E-state index in [9.17, 15) is 4.79 Å². The van der Waals surface area contributed by atoms with Gasteiger partial charge >= 0.3 is 0 Å². The molecule has 1 fully saturated rings. The second-order valence-electron chi connectivity index (χ2n) is 6.76. The predicted octanol–water partition coefficient (Wildman–Crippen LogP) is 2.17. The number of piperidine rings is 1. The topological polar surface area (TPSA) is 55.6 Å². The van der Waals surface area contributed by atoms with Crippen LogP contribution in [-0.2, 0) is 9.53 Å². The number of nitrogens with zero attached hydrogens (tertiary/aromatic N) is 1. The summed E-state index contributed by atoms with van der Waals surface area (Å²) >= 11 is 0. The van der Waals surface area contributed by atoms with Gasteiger partial charge in [-0.15, -0.1) is 0 Å². The standard InChI is InChI=1S/C15H30N2O2/c1-5-19-13-6-8-17(9-7-13)14(18)10-12(16)11-15(2,3)4/h12-13H,5-11,16H2,1-4H3. The summed E-state index contributed by atoms with van der Waals surface area (Å²) in [5, 5.41) is 0. The maximum Gasteiger partial charge on any atom is 0.224 e. The molecule has 1 unspecified atom stereocenters. The molecule has 1 aliphatic heterocycles. The number of nitrogens with two attached hydrogens (primary N) is 1. The van der Waals surface area contributed by atoms with Crippen molar-refractivity contribution in [3.8, 4) is 0 Å². The lowest BCUT2D eigenvalue weighted by molar-refractivity contribution is -0.134. The van der Waals surface area contributed by atoms with Gasteiger partial charge in [-0.1, -0.05) is 20.8 Å². The smallest absolute Gasteiger partial charge is 0.224 e. The van der Waals surface area contributed by atoms with E-state index in [4.69, 9.17) is 10.5 Å². The van der Waals surface area contributed by atoms with Crippen molar-refractivity contribution < 1.29 is 9.53 Å². The fourth-order valence-corrected chi connectivity index (χ4v) is 2.72. The van der Waals surface area contributed by atoms with Crippen LogP contribution in [0.2, 0.25) is 0 Å². The molecule has 1 heterocycles. The van der Waals surface area contributed by atoms with Crippen molar-refractivity contribution in [2.24, 2.45) is 11.1 Å². The molecule has 4 heteroatoms. The van der Waals surface area contributed by atoms with Gasteiger partial charge in [0.1, 0.15) is 0 Å². The summed E-state index contributed by atoms with van der Waals surface area (Å²) < 4.78 is 5.60. The molecule has 0 aromatic carbocycles. The van der Waals surface area contributed by atoms with E-state index in [1.807, 2.05) is 11.8 Å². The normalized spacial score (nSPS) is 19.5. The zero-order valence-corrected chi connectivity index (χ0v) is 12.9. The van der Waals surface area contributed by atoms with Gasteiger partial charge in [0, 0.05) is 32.2 Å². The van der Waals surface area contributed by atoms with Crippen LogP contribution < -0.4 is 5.73 Å². The van der Waals surface area contributed by atoms with Crippen molar-refractivity contribution in [3.63, 3.8) is 0 Å². The molecule has 1 amide bonds.